The zero-order valence-corrected chi connectivity index (χ0v) is 17.7. The Morgan fingerprint density at radius 1 is 1.19 bits per heavy atom. The van der Waals surface area contributed by atoms with E-state index in [4.69, 9.17) is 5.11 Å². The van der Waals surface area contributed by atoms with Crippen LogP contribution in [0.25, 0.3) is 33.8 Å². The van der Waals surface area contributed by atoms with Gasteiger partial charge in [-0.05, 0) is 59.7 Å². The van der Waals surface area contributed by atoms with Crippen molar-refractivity contribution in [1.29, 1.82) is 0 Å². The highest BCUT2D eigenvalue weighted by atomic mass is 16.4. The molecule has 2 aromatic carbocycles. The van der Waals surface area contributed by atoms with Gasteiger partial charge in [-0.25, -0.2) is 5.01 Å². The number of hydrogen-bond acceptors (Lipinski definition) is 4. The number of fused-ring (bicyclic) bond motifs is 2. The number of H-pyrrole nitrogens is 1. The predicted molar refractivity (Wildman–Crippen MR) is 126 cm³/mol. The fraction of sp³-hybridized carbons (Fsp3) is 0.200. The third-order valence-electron chi connectivity index (χ3n) is 5.25. The van der Waals surface area contributed by atoms with E-state index in [1.807, 2.05) is 18.1 Å². The van der Waals surface area contributed by atoms with Crippen LogP contribution in [0.5, 0.6) is 0 Å². The van der Waals surface area contributed by atoms with Crippen LogP contribution in [0, 0.1) is 0 Å². The number of hydrogen-bond donors (Lipinski definition) is 3. The molecule has 1 aliphatic rings. The molecular formula is C25H26N4O2. The summed E-state index contributed by atoms with van der Waals surface area (Å²) in [6.07, 6.45) is 8.80. The van der Waals surface area contributed by atoms with Crippen LogP contribution in [0.15, 0.2) is 65.5 Å². The highest BCUT2D eigenvalue weighted by Gasteiger charge is 2.23. The van der Waals surface area contributed by atoms with Crippen molar-refractivity contribution in [3.05, 3.63) is 71.6 Å². The van der Waals surface area contributed by atoms with Gasteiger partial charge in [-0.15, -0.1) is 0 Å². The fourth-order valence-corrected chi connectivity index (χ4v) is 3.89. The molecule has 6 nitrogen and oxygen atoms in total. The summed E-state index contributed by atoms with van der Waals surface area (Å²) >= 11 is 0. The van der Waals surface area contributed by atoms with E-state index in [2.05, 4.69) is 76.9 Å². The number of nitrogens with zero attached hydrogens (tertiary/aromatic N) is 2. The van der Waals surface area contributed by atoms with Crippen molar-refractivity contribution in [1.82, 2.24) is 15.3 Å². The Kier molecular flexibility index (Phi) is 6.00. The molecule has 0 saturated carbocycles. The molecule has 0 atom stereocenters. The van der Waals surface area contributed by atoms with Crippen molar-refractivity contribution in [3.8, 4) is 11.1 Å². The topological polar surface area (TPSA) is 80.7 Å². The average molecular weight is 415 g/mol. The monoisotopic (exact) mass is 414 g/mol. The number of carboxylic acids is 1. The fourth-order valence-electron chi connectivity index (χ4n) is 3.89. The number of benzene rings is 2. The SMILES string of the molecule is C/C=N\N1C(CNCC(=O)O)=Cc2ccc(-c3ccc4cc[nH]c4c3)cc2/C1=C\CC. The Labute approximate surface area is 181 Å². The zero-order valence-electron chi connectivity index (χ0n) is 17.7. The molecule has 3 N–H and O–H groups in total. The normalized spacial score (nSPS) is 15.0. The molecule has 1 aliphatic heterocycles. The molecule has 1 aromatic heterocycles. The van der Waals surface area contributed by atoms with E-state index in [1.165, 1.54) is 5.39 Å². The van der Waals surface area contributed by atoms with Crippen LogP contribution in [0.2, 0.25) is 0 Å². The van der Waals surface area contributed by atoms with Gasteiger partial charge < -0.3 is 15.4 Å². The summed E-state index contributed by atoms with van der Waals surface area (Å²) in [6, 6.07) is 15.0. The second-order valence-electron chi connectivity index (χ2n) is 7.40. The lowest BCUT2D eigenvalue weighted by molar-refractivity contribution is -0.135. The average Bonchev–Trinajstić information content (AvgIpc) is 3.23. The molecule has 0 bridgehead atoms. The van der Waals surface area contributed by atoms with E-state index >= 15 is 0 Å². The molecule has 6 heteroatoms. The van der Waals surface area contributed by atoms with Crippen molar-refractivity contribution in [2.45, 2.75) is 20.3 Å². The molecule has 2 heterocycles. The van der Waals surface area contributed by atoms with E-state index in [0.29, 0.717) is 6.54 Å². The summed E-state index contributed by atoms with van der Waals surface area (Å²) in [4.78, 5) is 14.2. The van der Waals surface area contributed by atoms with Gasteiger partial charge in [0.2, 0.25) is 0 Å². The summed E-state index contributed by atoms with van der Waals surface area (Å²) in [5.74, 6) is -0.879. The van der Waals surface area contributed by atoms with E-state index in [0.717, 1.165) is 45.6 Å². The third-order valence-corrected chi connectivity index (χ3v) is 5.25. The first kappa shape index (κ1) is 20.6. The number of aromatic amines is 1. The first-order valence-electron chi connectivity index (χ1n) is 10.4. The number of rotatable bonds is 7. The van der Waals surface area contributed by atoms with Crippen LogP contribution >= 0.6 is 0 Å². The van der Waals surface area contributed by atoms with Crippen molar-refractivity contribution in [2.75, 3.05) is 13.1 Å². The molecular weight excluding hydrogens is 388 g/mol. The molecule has 0 amide bonds. The third kappa shape index (κ3) is 4.29. The van der Waals surface area contributed by atoms with Gasteiger partial charge in [-0.1, -0.05) is 37.3 Å². The van der Waals surface area contributed by atoms with Crippen LogP contribution in [-0.2, 0) is 4.79 Å². The van der Waals surface area contributed by atoms with Gasteiger partial charge in [-0.3, -0.25) is 4.79 Å². The van der Waals surface area contributed by atoms with E-state index < -0.39 is 5.97 Å². The molecule has 0 saturated heterocycles. The molecule has 0 spiro atoms. The number of allylic oxidation sites excluding steroid dienone is 1. The molecule has 0 unspecified atom stereocenters. The van der Waals surface area contributed by atoms with Gasteiger partial charge in [0, 0.05) is 30.0 Å². The number of nitrogens with one attached hydrogen (secondary N) is 2. The van der Waals surface area contributed by atoms with Gasteiger partial charge in [0.05, 0.1) is 17.9 Å². The lowest BCUT2D eigenvalue weighted by Crippen LogP contribution is -2.31. The molecule has 0 radical (unpaired) electrons. The highest BCUT2D eigenvalue weighted by Crippen LogP contribution is 2.37. The minimum absolute atomic E-state index is 0.0964. The minimum Gasteiger partial charge on any atom is -0.480 e. The van der Waals surface area contributed by atoms with Gasteiger partial charge in [0.1, 0.15) is 0 Å². The summed E-state index contributed by atoms with van der Waals surface area (Å²) in [5, 5.41) is 19.6. The van der Waals surface area contributed by atoms with Gasteiger partial charge in [0.15, 0.2) is 0 Å². The van der Waals surface area contributed by atoms with Crippen LogP contribution in [0.3, 0.4) is 0 Å². The number of aliphatic carboxylic acids is 1. The molecule has 3 aromatic rings. The zero-order chi connectivity index (χ0) is 21.8. The first-order chi connectivity index (χ1) is 15.1. The summed E-state index contributed by atoms with van der Waals surface area (Å²) < 4.78 is 0. The van der Waals surface area contributed by atoms with Gasteiger partial charge in [-0.2, -0.15) is 5.10 Å². The lowest BCUT2D eigenvalue weighted by Gasteiger charge is -2.31. The second kappa shape index (κ2) is 9.02. The van der Waals surface area contributed by atoms with Crippen molar-refractivity contribution < 1.29 is 9.90 Å². The quantitative estimate of drug-likeness (QED) is 0.479. The highest BCUT2D eigenvalue weighted by molar-refractivity contribution is 5.87. The lowest BCUT2D eigenvalue weighted by atomic mass is 9.93. The maximum Gasteiger partial charge on any atom is 0.317 e. The summed E-state index contributed by atoms with van der Waals surface area (Å²) in [6.45, 7) is 4.30. The molecule has 158 valence electrons. The van der Waals surface area contributed by atoms with Crippen LogP contribution in [0.1, 0.15) is 31.4 Å². The Hall–Kier alpha value is -3.64. The van der Waals surface area contributed by atoms with Crippen LogP contribution in [-0.4, -0.2) is 40.4 Å². The Bertz CT molecular complexity index is 1200. The number of hydrazone groups is 1. The van der Waals surface area contributed by atoms with Crippen LogP contribution in [0.4, 0.5) is 0 Å². The Morgan fingerprint density at radius 3 is 2.77 bits per heavy atom. The number of carbonyl (C=O) groups is 1. The standard InChI is InChI=1S/C25H26N4O2/c1-3-5-24-22-13-18(19-7-6-17-10-11-27-23(17)14-19)8-9-20(22)12-21(29(24)28-4-2)15-26-16-25(30)31/h4-14,26-27H,3,15-16H2,1-2H3,(H,30,31)/b24-5+,28-4-. The van der Waals surface area contributed by atoms with Gasteiger partial charge >= 0.3 is 5.97 Å². The minimum atomic E-state index is -0.879. The molecule has 0 aliphatic carbocycles. The van der Waals surface area contributed by atoms with Gasteiger partial charge in [0.25, 0.3) is 0 Å². The predicted octanol–water partition coefficient (Wildman–Crippen LogP) is 4.92. The van der Waals surface area contributed by atoms with Crippen LogP contribution < -0.4 is 5.32 Å². The summed E-state index contributed by atoms with van der Waals surface area (Å²) in [5.41, 5.74) is 7.52. The molecule has 4 rings (SSSR count). The number of carboxylic acid groups (broad SMARTS) is 1. The largest absolute Gasteiger partial charge is 0.480 e. The second-order valence-corrected chi connectivity index (χ2v) is 7.40. The Morgan fingerprint density at radius 2 is 2.00 bits per heavy atom. The van der Waals surface area contributed by atoms with E-state index in [-0.39, 0.29) is 6.54 Å². The summed E-state index contributed by atoms with van der Waals surface area (Å²) in [7, 11) is 0. The maximum absolute atomic E-state index is 10.9. The maximum atomic E-state index is 10.9. The molecule has 31 heavy (non-hydrogen) atoms. The Balaban J connectivity index is 1.77. The van der Waals surface area contributed by atoms with Crippen molar-refractivity contribution in [3.63, 3.8) is 0 Å². The number of aromatic nitrogens is 1. The van der Waals surface area contributed by atoms with Crippen molar-refractivity contribution in [2.24, 2.45) is 5.10 Å². The smallest absolute Gasteiger partial charge is 0.317 e. The molecule has 0 fully saturated rings. The van der Waals surface area contributed by atoms with Crippen molar-refractivity contribution >= 4 is 34.9 Å². The first-order valence-corrected chi connectivity index (χ1v) is 10.4. The van der Waals surface area contributed by atoms with E-state index in [1.54, 1.807) is 6.21 Å². The van der Waals surface area contributed by atoms with E-state index in [9.17, 15) is 4.79 Å².